The summed E-state index contributed by atoms with van der Waals surface area (Å²) in [5.41, 5.74) is 7.45. The molecule has 2 aliphatic rings. The second-order valence-electron chi connectivity index (χ2n) is 7.35. The molecule has 0 unspecified atom stereocenters. The standard InChI is InChI=1S/C24H20BrNO2/c25-23-11-5-6-16-12-13-26(14-21(16)23)24(27)28-15-22-19-9-3-1-7-17(19)18-8-2-4-10-20(18)22/h1-11,22H,12-15H2. The Morgan fingerprint density at radius 2 is 1.64 bits per heavy atom. The minimum Gasteiger partial charge on any atom is -0.448 e. The maximum atomic E-state index is 12.8. The average molecular weight is 434 g/mol. The van der Waals surface area contributed by atoms with Gasteiger partial charge in [-0.3, -0.25) is 0 Å². The lowest BCUT2D eigenvalue weighted by molar-refractivity contribution is 0.0953. The van der Waals surface area contributed by atoms with Gasteiger partial charge in [0.15, 0.2) is 0 Å². The van der Waals surface area contributed by atoms with E-state index < -0.39 is 0 Å². The van der Waals surface area contributed by atoms with E-state index in [0.717, 1.165) is 10.9 Å². The molecule has 0 radical (unpaired) electrons. The van der Waals surface area contributed by atoms with Crippen LogP contribution in [-0.4, -0.2) is 24.1 Å². The Kier molecular flexibility index (Phi) is 4.44. The molecule has 1 aliphatic heterocycles. The van der Waals surface area contributed by atoms with Crippen molar-refractivity contribution in [3.05, 3.63) is 93.5 Å². The topological polar surface area (TPSA) is 29.5 Å². The molecule has 4 heteroatoms. The highest BCUT2D eigenvalue weighted by Crippen LogP contribution is 2.44. The molecule has 0 saturated carbocycles. The van der Waals surface area contributed by atoms with E-state index in [-0.39, 0.29) is 12.0 Å². The van der Waals surface area contributed by atoms with Crippen molar-refractivity contribution in [1.29, 1.82) is 0 Å². The van der Waals surface area contributed by atoms with E-state index in [1.165, 1.54) is 33.4 Å². The van der Waals surface area contributed by atoms with Gasteiger partial charge in [0, 0.05) is 16.9 Å². The van der Waals surface area contributed by atoms with Crippen LogP contribution >= 0.6 is 15.9 Å². The van der Waals surface area contributed by atoms with Gasteiger partial charge in [0.25, 0.3) is 0 Å². The Bertz CT molecular complexity index is 1020. The number of hydrogen-bond donors (Lipinski definition) is 0. The predicted octanol–water partition coefficient (Wildman–Crippen LogP) is 5.76. The lowest BCUT2D eigenvalue weighted by atomic mass is 9.98. The Morgan fingerprint density at radius 1 is 0.964 bits per heavy atom. The van der Waals surface area contributed by atoms with Gasteiger partial charge in [0.05, 0.1) is 6.54 Å². The van der Waals surface area contributed by atoms with Crippen LogP contribution in [-0.2, 0) is 17.7 Å². The number of nitrogens with zero attached hydrogens (tertiary/aromatic N) is 1. The van der Waals surface area contributed by atoms with Crippen LogP contribution in [0.3, 0.4) is 0 Å². The fourth-order valence-corrected chi connectivity index (χ4v) is 4.91. The monoisotopic (exact) mass is 433 g/mol. The normalized spacial score (nSPS) is 15.0. The predicted molar refractivity (Wildman–Crippen MR) is 113 cm³/mol. The molecule has 0 bridgehead atoms. The lowest BCUT2D eigenvalue weighted by Crippen LogP contribution is -2.37. The Morgan fingerprint density at radius 3 is 2.36 bits per heavy atom. The summed E-state index contributed by atoms with van der Waals surface area (Å²) in [5.74, 6) is 0.0974. The van der Waals surface area contributed by atoms with Crippen molar-refractivity contribution in [3.63, 3.8) is 0 Å². The maximum Gasteiger partial charge on any atom is 0.410 e. The fourth-order valence-electron chi connectivity index (χ4n) is 4.38. The number of rotatable bonds is 2. The summed E-state index contributed by atoms with van der Waals surface area (Å²) in [4.78, 5) is 14.6. The third-order valence-corrected chi connectivity index (χ3v) is 6.55. The van der Waals surface area contributed by atoms with Crippen molar-refractivity contribution in [2.45, 2.75) is 18.9 Å². The number of fused-ring (bicyclic) bond motifs is 4. The SMILES string of the molecule is O=C(OCC1c2ccccc2-c2ccccc21)N1CCc2cccc(Br)c2C1. The van der Waals surface area contributed by atoms with Crippen molar-refractivity contribution in [1.82, 2.24) is 4.90 Å². The molecule has 0 spiro atoms. The van der Waals surface area contributed by atoms with E-state index in [0.29, 0.717) is 19.7 Å². The van der Waals surface area contributed by atoms with Crippen molar-refractivity contribution < 1.29 is 9.53 Å². The minimum absolute atomic E-state index is 0.0974. The first-order chi connectivity index (χ1) is 13.7. The molecular formula is C24H20BrNO2. The summed E-state index contributed by atoms with van der Waals surface area (Å²) in [7, 11) is 0. The van der Waals surface area contributed by atoms with Gasteiger partial charge in [0.2, 0.25) is 0 Å². The summed E-state index contributed by atoms with van der Waals surface area (Å²) in [6.07, 6.45) is 0.627. The third kappa shape index (κ3) is 2.92. The van der Waals surface area contributed by atoms with Crippen molar-refractivity contribution in [2.75, 3.05) is 13.2 Å². The first-order valence-corrected chi connectivity index (χ1v) is 10.4. The van der Waals surface area contributed by atoms with Crippen LogP contribution in [0.25, 0.3) is 11.1 Å². The molecule has 140 valence electrons. The molecule has 0 atom stereocenters. The molecule has 3 aromatic rings. The first kappa shape index (κ1) is 17.5. The highest BCUT2D eigenvalue weighted by atomic mass is 79.9. The van der Waals surface area contributed by atoms with Crippen molar-refractivity contribution >= 4 is 22.0 Å². The highest BCUT2D eigenvalue weighted by Gasteiger charge is 2.30. The van der Waals surface area contributed by atoms with E-state index in [1.54, 1.807) is 4.90 Å². The second kappa shape index (κ2) is 7.10. The molecule has 0 fully saturated rings. The molecule has 3 nitrogen and oxygen atoms in total. The van der Waals surface area contributed by atoms with Gasteiger partial charge >= 0.3 is 6.09 Å². The summed E-state index contributed by atoms with van der Waals surface area (Å²) in [6, 6.07) is 23.0. The zero-order chi connectivity index (χ0) is 19.1. The minimum atomic E-state index is -0.233. The van der Waals surface area contributed by atoms with Crippen LogP contribution in [0.2, 0.25) is 0 Å². The fraction of sp³-hybridized carbons (Fsp3) is 0.208. The number of amides is 1. The zero-order valence-corrected chi connectivity index (χ0v) is 17.0. The van der Waals surface area contributed by atoms with Crippen LogP contribution in [0.1, 0.15) is 28.2 Å². The number of ether oxygens (including phenoxy) is 1. The van der Waals surface area contributed by atoms with Crippen LogP contribution in [0.5, 0.6) is 0 Å². The van der Waals surface area contributed by atoms with E-state index >= 15 is 0 Å². The van der Waals surface area contributed by atoms with Crippen molar-refractivity contribution in [2.24, 2.45) is 0 Å². The molecule has 28 heavy (non-hydrogen) atoms. The summed E-state index contributed by atoms with van der Waals surface area (Å²) in [6.45, 7) is 1.65. The Labute approximate surface area is 173 Å². The molecule has 1 amide bonds. The van der Waals surface area contributed by atoms with Gasteiger partial charge in [-0.2, -0.15) is 0 Å². The van der Waals surface area contributed by atoms with Gasteiger partial charge in [-0.15, -0.1) is 0 Å². The third-order valence-electron chi connectivity index (χ3n) is 5.81. The number of carbonyl (C=O) groups excluding carboxylic acids is 1. The second-order valence-corrected chi connectivity index (χ2v) is 8.21. The van der Waals surface area contributed by atoms with Crippen LogP contribution < -0.4 is 0 Å². The van der Waals surface area contributed by atoms with Gasteiger partial charge < -0.3 is 9.64 Å². The molecule has 0 aromatic heterocycles. The molecule has 0 saturated heterocycles. The molecule has 5 rings (SSSR count). The number of halogens is 1. The van der Waals surface area contributed by atoms with Gasteiger partial charge in [0.1, 0.15) is 6.61 Å². The highest BCUT2D eigenvalue weighted by molar-refractivity contribution is 9.10. The molecule has 1 heterocycles. The molecular weight excluding hydrogens is 414 g/mol. The lowest BCUT2D eigenvalue weighted by Gasteiger charge is -2.29. The van der Waals surface area contributed by atoms with E-state index in [9.17, 15) is 4.79 Å². The summed E-state index contributed by atoms with van der Waals surface area (Å²) in [5, 5.41) is 0. The van der Waals surface area contributed by atoms with Crippen LogP contribution in [0, 0.1) is 0 Å². The number of carbonyl (C=O) groups is 1. The van der Waals surface area contributed by atoms with Gasteiger partial charge in [-0.25, -0.2) is 4.79 Å². The van der Waals surface area contributed by atoms with E-state index in [1.807, 2.05) is 12.1 Å². The largest absolute Gasteiger partial charge is 0.448 e. The molecule has 0 N–H and O–H groups in total. The summed E-state index contributed by atoms with van der Waals surface area (Å²) < 4.78 is 6.86. The zero-order valence-electron chi connectivity index (χ0n) is 15.4. The average Bonchev–Trinajstić information content (AvgIpc) is 3.06. The summed E-state index contributed by atoms with van der Waals surface area (Å²) >= 11 is 3.61. The quantitative estimate of drug-likeness (QED) is 0.514. The first-order valence-electron chi connectivity index (χ1n) is 9.58. The van der Waals surface area contributed by atoms with E-state index in [4.69, 9.17) is 4.74 Å². The van der Waals surface area contributed by atoms with Crippen LogP contribution in [0.4, 0.5) is 4.79 Å². The number of benzene rings is 3. The number of hydrogen-bond acceptors (Lipinski definition) is 2. The van der Waals surface area contributed by atoms with Crippen LogP contribution in [0.15, 0.2) is 71.2 Å². The Balaban J connectivity index is 1.33. The molecule has 1 aliphatic carbocycles. The maximum absolute atomic E-state index is 12.8. The van der Waals surface area contributed by atoms with Gasteiger partial charge in [-0.05, 0) is 45.9 Å². The van der Waals surface area contributed by atoms with E-state index in [2.05, 4.69) is 70.5 Å². The van der Waals surface area contributed by atoms with Gasteiger partial charge in [-0.1, -0.05) is 76.6 Å². The smallest absolute Gasteiger partial charge is 0.410 e. The van der Waals surface area contributed by atoms with Crippen molar-refractivity contribution in [3.8, 4) is 11.1 Å². The Hall–Kier alpha value is -2.59. The molecule has 3 aromatic carbocycles.